The van der Waals surface area contributed by atoms with Crippen molar-refractivity contribution in [2.24, 2.45) is 5.92 Å². The molecular formula is C26H25N7O. The first kappa shape index (κ1) is 20.5. The highest BCUT2D eigenvalue weighted by Gasteiger charge is 2.18. The molecule has 1 aliphatic rings. The van der Waals surface area contributed by atoms with E-state index in [9.17, 15) is 4.79 Å². The molecule has 1 aromatic carbocycles. The Morgan fingerprint density at radius 3 is 2.85 bits per heavy atom. The first-order valence-electron chi connectivity index (χ1n) is 11.8. The maximum Gasteiger partial charge on any atom is 0.224 e. The number of anilines is 1. The van der Waals surface area contributed by atoms with Gasteiger partial charge >= 0.3 is 0 Å². The lowest BCUT2D eigenvalue weighted by atomic mass is 9.87. The van der Waals surface area contributed by atoms with E-state index in [1.807, 2.05) is 36.5 Å². The van der Waals surface area contributed by atoms with E-state index in [4.69, 9.17) is 0 Å². The number of imidazole rings is 1. The standard InChI is InChI=1S/C26H25N7O/c34-23(11-16-5-2-1-3-6-16)29-19-12-18(14-27-15-19)17-8-9-21-20(13-17)24(33-32-21)26-30-22-7-4-10-28-25(22)31-26/h4,7-10,12-16H,1-3,5-6,11H2,(H,29,34)(H,32,33)(H,28,30,31). The number of benzene rings is 1. The fourth-order valence-corrected chi connectivity index (χ4v) is 4.86. The second kappa shape index (κ2) is 8.70. The van der Waals surface area contributed by atoms with Gasteiger partial charge in [0, 0.05) is 29.8 Å². The lowest BCUT2D eigenvalue weighted by molar-refractivity contribution is -0.117. The van der Waals surface area contributed by atoms with Crippen LogP contribution >= 0.6 is 0 Å². The number of hydrogen-bond acceptors (Lipinski definition) is 5. The van der Waals surface area contributed by atoms with Gasteiger partial charge in [0.25, 0.3) is 0 Å². The number of fused-ring (bicyclic) bond motifs is 2. The van der Waals surface area contributed by atoms with Gasteiger partial charge in [-0.3, -0.25) is 14.9 Å². The Labute approximate surface area is 196 Å². The van der Waals surface area contributed by atoms with Gasteiger partial charge in [-0.1, -0.05) is 25.3 Å². The smallest absolute Gasteiger partial charge is 0.224 e. The molecule has 0 saturated heterocycles. The monoisotopic (exact) mass is 451 g/mol. The predicted octanol–water partition coefficient (Wildman–Crippen LogP) is 5.47. The summed E-state index contributed by atoms with van der Waals surface area (Å²) in [5.41, 5.74) is 5.80. The zero-order chi connectivity index (χ0) is 22.9. The fourth-order valence-electron chi connectivity index (χ4n) is 4.86. The van der Waals surface area contributed by atoms with E-state index in [0.717, 1.165) is 51.7 Å². The minimum atomic E-state index is 0.0666. The van der Waals surface area contributed by atoms with Gasteiger partial charge in [0.15, 0.2) is 11.5 Å². The largest absolute Gasteiger partial charge is 0.325 e. The van der Waals surface area contributed by atoms with E-state index in [1.165, 1.54) is 19.3 Å². The zero-order valence-corrected chi connectivity index (χ0v) is 18.7. The summed E-state index contributed by atoms with van der Waals surface area (Å²) in [6.07, 6.45) is 11.9. The maximum absolute atomic E-state index is 12.6. The van der Waals surface area contributed by atoms with Crippen LogP contribution in [0.3, 0.4) is 0 Å². The molecule has 5 aromatic rings. The van der Waals surface area contributed by atoms with E-state index in [0.29, 0.717) is 23.9 Å². The molecule has 4 heterocycles. The maximum atomic E-state index is 12.6. The third kappa shape index (κ3) is 4.03. The second-order valence-corrected chi connectivity index (χ2v) is 9.01. The van der Waals surface area contributed by atoms with Gasteiger partial charge in [-0.15, -0.1) is 0 Å². The molecule has 1 amide bonds. The highest BCUT2D eigenvalue weighted by molar-refractivity contribution is 5.96. The van der Waals surface area contributed by atoms with Crippen molar-refractivity contribution < 1.29 is 4.79 Å². The van der Waals surface area contributed by atoms with Crippen molar-refractivity contribution in [2.75, 3.05) is 5.32 Å². The molecule has 0 bridgehead atoms. The molecule has 0 atom stereocenters. The number of nitrogens with one attached hydrogen (secondary N) is 3. The highest BCUT2D eigenvalue weighted by atomic mass is 16.1. The number of nitrogens with zero attached hydrogens (tertiary/aromatic N) is 4. The van der Waals surface area contributed by atoms with Crippen LogP contribution in [0.4, 0.5) is 5.69 Å². The molecule has 170 valence electrons. The number of rotatable bonds is 5. The van der Waals surface area contributed by atoms with Crippen molar-refractivity contribution in [1.29, 1.82) is 0 Å². The fraction of sp³-hybridized carbons (Fsp3) is 0.269. The van der Waals surface area contributed by atoms with Gasteiger partial charge in [-0.25, -0.2) is 9.97 Å². The summed E-state index contributed by atoms with van der Waals surface area (Å²) >= 11 is 0. The molecular weight excluding hydrogens is 426 g/mol. The summed E-state index contributed by atoms with van der Waals surface area (Å²) in [6, 6.07) is 11.8. The normalized spacial score (nSPS) is 14.6. The van der Waals surface area contributed by atoms with Crippen LogP contribution in [0.2, 0.25) is 0 Å². The molecule has 8 heteroatoms. The predicted molar refractivity (Wildman–Crippen MR) is 132 cm³/mol. The Balaban J connectivity index is 1.27. The van der Waals surface area contributed by atoms with Crippen LogP contribution in [0.25, 0.3) is 44.7 Å². The number of H-pyrrole nitrogens is 2. The molecule has 4 aromatic heterocycles. The summed E-state index contributed by atoms with van der Waals surface area (Å²) in [7, 11) is 0. The molecule has 0 aliphatic heterocycles. The number of pyridine rings is 2. The average molecular weight is 452 g/mol. The summed E-state index contributed by atoms with van der Waals surface area (Å²) in [6.45, 7) is 0. The Kier molecular flexibility index (Phi) is 5.25. The Morgan fingerprint density at radius 1 is 1.06 bits per heavy atom. The van der Waals surface area contributed by atoms with Crippen LogP contribution in [-0.2, 0) is 4.79 Å². The van der Waals surface area contributed by atoms with Crippen molar-refractivity contribution in [3.63, 3.8) is 0 Å². The third-order valence-electron chi connectivity index (χ3n) is 6.60. The van der Waals surface area contributed by atoms with Gasteiger partial charge in [0.2, 0.25) is 5.91 Å². The summed E-state index contributed by atoms with van der Waals surface area (Å²) in [5, 5.41) is 11.6. The highest BCUT2D eigenvalue weighted by Crippen LogP contribution is 2.31. The van der Waals surface area contributed by atoms with Gasteiger partial charge in [0.05, 0.1) is 17.4 Å². The topological polar surface area (TPSA) is 112 Å². The SMILES string of the molecule is O=C(CC1CCCCC1)Nc1cncc(-c2ccc3[nH]nc(-c4nc5cccnc5[nH]4)c3c2)c1. The average Bonchev–Trinajstić information content (AvgIpc) is 3.48. The van der Waals surface area contributed by atoms with E-state index < -0.39 is 0 Å². The van der Waals surface area contributed by atoms with Gasteiger partial charge in [-0.2, -0.15) is 5.10 Å². The molecule has 34 heavy (non-hydrogen) atoms. The van der Waals surface area contributed by atoms with Crippen LogP contribution in [0, 0.1) is 5.92 Å². The number of carbonyl (C=O) groups excluding carboxylic acids is 1. The number of aromatic amines is 2. The van der Waals surface area contributed by atoms with Crippen molar-refractivity contribution in [3.05, 3.63) is 55.0 Å². The molecule has 1 saturated carbocycles. The second-order valence-electron chi connectivity index (χ2n) is 9.01. The van der Waals surface area contributed by atoms with Crippen molar-refractivity contribution in [1.82, 2.24) is 30.1 Å². The molecule has 0 unspecified atom stereocenters. The van der Waals surface area contributed by atoms with Crippen LogP contribution in [0.5, 0.6) is 0 Å². The molecule has 3 N–H and O–H groups in total. The lowest BCUT2D eigenvalue weighted by Crippen LogP contribution is -2.18. The van der Waals surface area contributed by atoms with Crippen molar-refractivity contribution in [3.8, 4) is 22.6 Å². The van der Waals surface area contributed by atoms with Crippen LogP contribution in [0.15, 0.2) is 55.0 Å². The molecule has 1 aliphatic carbocycles. The minimum absolute atomic E-state index is 0.0666. The molecule has 0 spiro atoms. The van der Waals surface area contributed by atoms with Gasteiger partial charge in [0.1, 0.15) is 11.2 Å². The lowest BCUT2D eigenvalue weighted by Gasteiger charge is -2.20. The number of aromatic nitrogens is 6. The van der Waals surface area contributed by atoms with E-state index in [1.54, 1.807) is 12.4 Å². The van der Waals surface area contributed by atoms with Gasteiger partial charge < -0.3 is 10.3 Å². The quantitative estimate of drug-likeness (QED) is 0.328. The van der Waals surface area contributed by atoms with Crippen molar-refractivity contribution in [2.45, 2.75) is 38.5 Å². The van der Waals surface area contributed by atoms with Gasteiger partial charge in [-0.05, 0) is 54.7 Å². The molecule has 8 nitrogen and oxygen atoms in total. The van der Waals surface area contributed by atoms with Crippen molar-refractivity contribution >= 4 is 33.7 Å². The molecule has 1 fully saturated rings. The molecule has 0 radical (unpaired) electrons. The number of amides is 1. The van der Waals surface area contributed by atoms with E-state index >= 15 is 0 Å². The minimum Gasteiger partial charge on any atom is -0.325 e. The summed E-state index contributed by atoms with van der Waals surface area (Å²) in [4.78, 5) is 29.2. The summed E-state index contributed by atoms with van der Waals surface area (Å²) < 4.78 is 0. The molecule has 6 rings (SSSR count). The number of carbonyl (C=O) groups is 1. The number of hydrogen-bond donors (Lipinski definition) is 3. The van der Waals surface area contributed by atoms with Crippen LogP contribution < -0.4 is 5.32 Å². The Morgan fingerprint density at radius 2 is 1.97 bits per heavy atom. The first-order valence-corrected chi connectivity index (χ1v) is 11.8. The van der Waals surface area contributed by atoms with E-state index in [-0.39, 0.29) is 5.91 Å². The van der Waals surface area contributed by atoms with Crippen LogP contribution in [0.1, 0.15) is 38.5 Å². The Bertz CT molecular complexity index is 1450. The Hall–Kier alpha value is -4.07. The van der Waals surface area contributed by atoms with E-state index in [2.05, 4.69) is 41.5 Å². The zero-order valence-electron chi connectivity index (χ0n) is 18.7. The van der Waals surface area contributed by atoms with Crippen LogP contribution in [-0.4, -0.2) is 36.0 Å². The third-order valence-corrected chi connectivity index (χ3v) is 6.60. The summed E-state index contributed by atoms with van der Waals surface area (Å²) in [5.74, 6) is 1.23. The first-order chi connectivity index (χ1) is 16.7.